The number of aromatic nitrogens is 2. The molecule has 0 aliphatic carbocycles. The second-order valence-electron chi connectivity index (χ2n) is 6.54. The molecule has 10 heteroatoms. The monoisotopic (exact) mass is 482 g/mol. The highest BCUT2D eigenvalue weighted by Gasteiger charge is 2.13. The molecule has 0 aliphatic heterocycles. The van der Waals surface area contributed by atoms with Gasteiger partial charge in [-0.2, -0.15) is 0 Å². The molecule has 0 atom stereocenters. The van der Waals surface area contributed by atoms with Crippen LogP contribution >= 0.6 is 24.8 Å². The minimum Gasteiger partial charge on any atom is -0.496 e. The average Bonchev–Trinajstić information content (AvgIpc) is 3.30. The van der Waals surface area contributed by atoms with Gasteiger partial charge in [0.25, 0.3) is 5.91 Å². The van der Waals surface area contributed by atoms with Crippen molar-refractivity contribution in [3.05, 3.63) is 65.7 Å². The molecule has 0 saturated carbocycles. The van der Waals surface area contributed by atoms with Gasteiger partial charge < -0.3 is 30.2 Å². The number of nitrogens with zero attached hydrogens (tertiary/aromatic N) is 1. The summed E-state index contributed by atoms with van der Waals surface area (Å²) in [5.41, 5.74) is 7.07. The molecular weight excluding hydrogens is 455 g/mol. The molecule has 3 rings (SSSR count). The van der Waals surface area contributed by atoms with E-state index in [0.29, 0.717) is 41.7 Å². The zero-order chi connectivity index (χ0) is 21.3. The number of methoxy groups -OCH3 is 2. The van der Waals surface area contributed by atoms with Crippen molar-refractivity contribution in [2.24, 2.45) is 5.73 Å². The van der Waals surface area contributed by atoms with Crippen molar-refractivity contribution < 1.29 is 19.0 Å². The number of hydrogen-bond acceptors (Lipinski definition) is 6. The van der Waals surface area contributed by atoms with Gasteiger partial charge in [0.2, 0.25) is 0 Å². The molecule has 1 aromatic heterocycles. The zero-order valence-corrected chi connectivity index (χ0v) is 19.6. The summed E-state index contributed by atoms with van der Waals surface area (Å²) in [6, 6.07) is 10.5. The Kier molecular flexibility index (Phi) is 11.4. The second kappa shape index (κ2) is 13.5. The highest BCUT2D eigenvalue weighted by atomic mass is 35.5. The van der Waals surface area contributed by atoms with Crippen LogP contribution in [0.4, 0.5) is 0 Å². The number of nitrogens with two attached hydrogens (primary N) is 1. The number of ether oxygens (including phenoxy) is 3. The van der Waals surface area contributed by atoms with Crippen molar-refractivity contribution in [2.45, 2.75) is 19.4 Å². The van der Waals surface area contributed by atoms with Gasteiger partial charge in [0, 0.05) is 49.1 Å². The van der Waals surface area contributed by atoms with Gasteiger partial charge in [-0.1, -0.05) is 6.07 Å². The molecule has 1 amide bonds. The number of benzene rings is 2. The fourth-order valence-electron chi connectivity index (χ4n) is 2.98. The van der Waals surface area contributed by atoms with Gasteiger partial charge in [0.15, 0.2) is 11.5 Å². The summed E-state index contributed by atoms with van der Waals surface area (Å²) in [5.74, 6) is 2.87. The molecule has 0 aliphatic rings. The normalized spacial score (nSPS) is 9.84. The number of imidazole rings is 1. The smallest absolute Gasteiger partial charge is 0.251 e. The summed E-state index contributed by atoms with van der Waals surface area (Å²) >= 11 is 0. The number of H-pyrrole nitrogens is 1. The van der Waals surface area contributed by atoms with E-state index >= 15 is 0 Å². The lowest BCUT2D eigenvalue weighted by molar-refractivity contribution is 0.0952. The summed E-state index contributed by atoms with van der Waals surface area (Å²) in [5, 5.41) is 2.91. The Labute approximate surface area is 199 Å². The number of halogens is 2. The van der Waals surface area contributed by atoms with E-state index in [2.05, 4.69) is 15.3 Å². The first-order valence-electron chi connectivity index (χ1n) is 9.64. The molecule has 0 radical (unpaired) electrons. The third-order valence-corrected chi connectivity index (χ3v) is 4.56. The number of carbonyl (C=O) groups is 1. The van der Waals surface area contributed by atoms with Crippen LogP contribution in [0.5, 0.6) is 23.0 Å². The molecule has 4 N–H and O–H groups in total. The summed E-state index contributed by atoms with van der Waals surface area (Å²) < 4.78 is 16.7. The van der Waals surface area contributed by atoms with Crippen molar-refractivity contribution in [3.63, 3.8) is 0 Å². The minimum absolute atomic E-state index is 0. The van der Waals surface area contributed by atoms with Gasteiger partial charge in [-0.05, 0) is 30.7 Å². The van der Waals surface area contributed by atoms with Crippen LogP contribution in [-0.4, -0.2) is 36.6 Å². The second-order valence-corrected chi connectivity index (χ2v) is 6.54. The maximum Gasteiger partial charge on any atom is 0.251 e. The van der Waals surface area contributed by atoms with Crippen LogP contribution in [0.1, 0.15) is 28.2 Å². The lowest BCUT2D eigenvalue weighted by Gasteiger charge is -2.14. The van der Waals surface area contributed by atoms with E-state index in [9.17, 15) is 4.79 Å². The number of carbonyl (C=O) groups excluding carboxylic acids is 1. The fourth-order valence-corrected chi connectivity index (χ4v) is 2.98. The maximum absolute atomic E-state index is 12.5. The summed E-state index contributed by atoms with van der Waals surface area (Å²) in [7, 11) is 3.13. The third kappa shape index (κ3) is 7.05. The van der Waals surface area contributed by atoms with Gasteiger partial charge >= 0.3 is 0 Å². The van der Waals surface area contributed by atoms with Crippen LogP contribution in [0.25, 0.3) is 0 Å². The summed E-state index contributed by atoms with van der Waals surface area (Å²) in [6.45, 7) is 0.905. The molecule has 3 aromatic rings. The first-order valence-corrected chi connectivity index (χ1v) is 9.64. The summed E-state index contributed by atoms with van der Waals surface area (Å²) in [4.78, 5) is 19.7. The Morgan fingerprint density at radius 3 is 2.50 bits per heavy atom. The van der Waals surface area contributed by atoms with E-state index in [-0.39, 0.29) is 30.7 Å². The number of hydrogen-bond donors (Lipinski definition) is 3. The van der Waals surface area contributed by atoms with Crippen molar-refractivity contribution in [1.29, 1.82) is 0 Å². The van der Waals surface area contributed by atoms with Crippen molar-refractivity contribution in [2.75, 3.05) is 20.8 Å². The van der Waals surface area contributed by atoms with Crippen LogP contribution < -0.4 is 25.3 Å². The standard InChI is InChI=1S/C22H26N4O4.2ClH/c1-28-18-8-6-15(22(27)26-9-3-4-21-24-10-11-25-21)12-20(18)30-17-7-5-16(14-23)19(13-17)29-2;;/h5-8,10-13H,3-4,9,14,23H2,1-2H3,(H,24,25)(H,26,27);2*1H. The number of aryl methyl sites for hydroxylation is 1. The van der Waals surface area contributed by atoms with E-state index in [4.69, 9.17) is 19.9 Å². The lowest BCUT2D eigenvalue weighted by atomic mass is 10.1. The number of rotatable bonds is 10. The minimum atomic E-state index is -0.182. The largest absolute Gasteiger partial charge is 0.496 e. The van der Waals surface area contributed by atoms with Crippen LogP contribution in [0.3, 0.4) is 0 Å². The molecule has 0 bridgehead atoms. The van der Waals surface area contributed by atoms with Gasteiger partial charge in [0.05, 0.1) is 14.2 Å². The molecule has 2 aromatic carbocycles. The molecule has 0 fully saturated rings. The van der Waals surface area contributed by atoms with E-state index < -0.39 is 0 Å². The number of amides is 1. The van der Waals surface area contributed by atoms with Crippen LogP contribution in [-0.2, 0) is 13.0 Å². The van der Waals surface area contributed by atoms with Gasteiger partial charge in [-0.15, -0.1) is 24.8 Å². The van der Waals surface area contributed by atoms with Gasteiger partial charge in [-0.25, -0.2) is 4.98 Å². The Hall–Kier alpha value is -2.94. The molecule has 1 heterocycles. The third-order valence-electron chi connectivity index (χ3n) is 4.56. The number of aromatic amines is 1. The molecule has 174 valence electrons. The SMILES string of the molecule is COc1cc(Oc2cc(C(=O)NCCCc3ncc[nH]3)ccc2OC)ccc1CN.Cl.Cl. The van der Waals surface area contributed by atoms with Crippen molar-refractivity contribution in [3.8, 4) is 23.0 Å². The first kappa shape index (κ1) is 27.1. The molecule has 8 nitrogen and oxygen atoms in total. The molecule has 0 unspecified atom stereocenters. The fraction of sp³-hybridized carbons (Fsp3) is 0.273. The quantitative estimate of drug-likeness (QED) is 0.378. The van der Waals surface area contributed by atoms with Crippen LogP contribution in [0.15, 0.2) is 48.8 Å². The van der Waals surface area contributed by atoms with Crippen LogP contribution in [0, 0.1) is 0 Å². The molecule has 0 spiro atoms. The maximum atomic E-state index is 12.5. The van der Waals surface area contributed by atoms with E-state index in [1.807, 2.05) is 6.07 Å². The Morgan fingerprint density at radius 1 is 1.06 bits per heavy atom. The zero-order valence-electron chi connectivity index (χ0n) is 17.9. The number of nitrogens with one attached hydrogen (secondary N) is 2. The summed E-state index contributed by atoms with van der Waals surface area (Å²) in [6.07, 6.45) is 5.05. The van der Waals surface area contributed by atoms with E-state index in [1.54, 1.807) is 56.9 Å². The van der Waals surface area contributed by atoms with E-state index in [1.165, 1.54) is 0 Å². The first-order chi connectivity index (χ1) is 14.6. The predicted octanol–water partition coefficient (Wildman–Crippen LogP) is 3.88. The molecular formula is C22H28Cl2N4O4. The Balaban J connectivity index is 0.00000256. The Morgan fingerprint density at radius 2 is 1.84 bits per heavy atom. The van der Waals surface area contributed by atoms with Gasteiger partial charge in [-0.3, -0.25) is 4.79 Å². The van der Waals surface area contributed by atoms with Crippen molar-refractivity contribution >= 4 is 30.7 Å². The molecule has 0 saturated heterocycles. The average molecular weight is 483 g/mol. The highest BCUT2D eigenvalue weighted by molar-refractivity contribution is 5.94. The van der Waals surface area contributed by atoms with Gasteiger partial charge in [0.1, 0.15) is 17.3 Å². The highest BCUT2D eigenvalue weighted by Crippen LogP contribution is 2.34. The van der Waals surface area contributed by atoms with Crippen LogP contribution in [0.2, 0.25) is 0 Å². The lowest BCUT2D eigenvalue weighted by Crippen LogP contribution is -2.24. The topological polar surface area (TPSA) is 111 Å². The van der Waals surface area contributed by atoms with E-state index in [0.717, 1.165) is 24.2 Å². The Bertz CT molecular complexity index is 984. The van der Waals surface area contributed by atoms with Crippen molar-refractivity contribution in [1.82, 2.24) is 15.3 Å². The predicted molar refractivity (Wildman–Crippen MR) is 128 cm³/mol. The molecule has 32 heavy (non-hydrogen) atoms.